The van der Waals surface area contributed by atoms with Gasteiger partial charge in [0.15, 0.2) is 0 Å². The highest BCUT2D eigenvalue weighted by molar-refractivity contribution is 6.30. The molecule has 1 aliphatic heterocycles. The Morgan fingerprint density at radius 2 is 1.72 bits per heavy atom. The van der Waals surface area contributed by atoms with E-state index in [-0.39, 0.29) is 46.9 Å². The first-order valence-electron chi connectivity index (χ1n) is 12.5. The van der Waals surface area contributed by atoms with Crippen LogP contribution in [0.1, 0.15) is 23.4 Å². The summed E-state index contributed by atoms with van der Waals surface area (Å²) in [4.78, 5) is 9.00. The standard InChI is InChI=1S/C30H23ClF3N3O2/c31-20-9-8-18(23(32)14-20)17-39-30-7-3-5-26(36-30)22-15-24(33)19(12-25(22)34)13-29-35-27-4-1-2-6-28(27)37(29)16-21-10-11-38-21/h1-9,12,14-15,21H,10-11,13,16-17H2/t21-/m0/s1. The molecule has 0 aliphatic carbocycles. The second-order valence-electron chi connectivity index (χ2n) is 9.39. The van der Waals surface area contributed by atoms with Gasteiger partial charge < -0.3 is 14.0 Å². The number of fused-ring (bicyclic) bond motifs is 1. The molecular formula is C30H23ClF3N3O2. The predicted octanol–water partition coefficient (Wildman–Crippen LogP) is 7.13. The highest BCUT2D eigenvalue weighted by Crippen LogP contribution is 2.29. The van der Waals surface area contributed by atoms with E-state index in [2.05, 4.69) is 4.98 Å². The number of ether oxygens (including phenoxy) is 2. The van der Waals surface area contributed by atoms with Crippen LogP contribution in [0.2, 0.25) is 5.02 Å². The van der Waals surface area contributed by atoms with Gasteiger partial charge in [-0.05, 0) is 54.4 Å². The van der Waals surface area contributed by atoms with Gasteiger partial charge in [-0.3, -0.25) is 0 Å². The summed E-state index contributed by atoms with van der Waals surface area (Å²) < 4.78 is 58.0. The quantitative estimate of drug-likeness (QED) is 0.207. The largest absolute Gasteiger partial charge is 0.473 e. The maximum Gasteiger partial charge on any atom is 0.214 e. The van der Waals surface area contributed by atoms with Crippen molar-refractivity contribution in [3.63, 3.8) is 0 Å². The fourth-order valence-corrected chi connectivity index (χ4v) is 4.78. The third-order valence-corrected chi connectivity index (χ3v) is 7.02. The average molecular weight is 550 g/mol. The van der Waals surface area contributed by atoms with Crippen molar-refractivity contribution >= 4 is 22.6 Å². The van der Waals surface area contributed by atoms with Gasteiger partial charge in [0.25, 0.3) is 0 Å². The van der Waals surface area contributed by atoms with Gasteiger partial charge in [-0.2, -0.15) is 0 Å². The number of hydrogen-bond acceptors (Lipinski definition) is 4. The number of aromatic nitrogens is 3. The van der Waals surface area contributed by atoms with Crippen molar-refractivity contribution in [3.8, 4) is 17.1 Å². The average Bonchev–Trinajstić information content (AvgIpc) is 3.24. The molecule has 1 atom stereocenters. The van der Waals surface area contributed by atoms with Crippen LogP contribution in [0.25, 0.3) is 22.3 Å². The third-order valence-electron chi connectivity index (χ3n) is 6.79. The molecule has 0 unspecified atom stereocenters. The molecule has 0 saturated carbocycles. The summed E-state index contributed by atoms with van der Waals surface area (Å²) in [6.45, 7) is 1.24. The molecule has 0 amide bonds. The molecule has 9 heteroatoms. The molecule has 1 aliphatic rings. The first kappa shape index (κ1) is 25.4. The first-order valence-corrected chi connectivity index (χ1v) is 12.9. The lowest BCUT2D eigenvalue weighted by atomic mass is 10.0. The minimum atomic E-state index is -0.621. The van der Waals surface area contributed by atoms with Crippen molar-refractivity contribution in [2.24, 2.45) is 0 Å². The Labute approximate surface area is 227 Å². The predicted molar refractivity (Wildman–Crippen MR) is 142 cm³/mol. The van der Waals surface area contributed by atoms with E-state index in [9.17, 15) is 4.39 Å². The summed E-state index contributed by atoms with van der Waals surface area (Å²) >= 11 is 5.79. The smallest absolute Gasteiger partial charge is 0.214 e. The zero-order valence-electron chi connectivity index (χ0n) is 20.7. The molecule has 3 heterocycles. The monoisotopic (exact) mass is 549 g/mol. The SMILES string of the molecule is Fc1cc(Cl)ccc1COc1cccc(-c2cc(F)c(Cc3nc4ccccc4n3C[C@@H]3CCO3)cc2F)n1. The number of halogens is 4. The van der Waals surface area contributed by atoms with Gasteiger partial charge in [0, 0.05) is 35.2 Å². The number of pyridine rings is 1. The topological polar surface area (TPSA) is 49.2 Å². The fourth-order valence-electron chi connectivity index (χ4n) is 4.62. The third kappa shape index (κ3) is 5.35. The Morgan fingerprint density at radius 1 is 0.897 bits per heavy atom. The lowest BCUT2D eigenvalue weighted by Gasteiger charge is -2.27. The van der Waals surface area contributed by atoms with E-state index >= 15 is 8.78 Å². The van der Waals surface area contributed by atoms with Gasteiger partial charge in [0.1, 0.15) is 29.9 Å². The molecule has 1 fully saturated rings. The molecule has 198 valence electrons. The van der Waals surface area contributed by atoms with E-state index in [4.69, 9.17) is 26.1 Å². The summed E-state index contributed by atoms with van der Waals surface area (Å²) in [6.07, 6.45) is 1.16. The van der Waals surface area contributed by atoms with Crippen molar-refractivity contribution in [3.05, 3.63) is 112 Å². The Hall–Kier alpha value is -3.88. The Bertz CT molecular complexity index is 1670. The molecule has 5 aromatic rings. The van der Waals surface area contributed by atoms with E-state index in [1.54, 1.807) is 24.3 Å². The zero-order valence-corrected chi connectivity index (χ0v) is 21.5. The summed E-state index contributed by atoms with van der Waals surface area (Å²) in [5.74, 6) is -0.902. The van der Waals surface area contributed by atoms with E-state index in [0.29, 0.717) is 17.9 Å². The van der Waals surface area contributed by atoms with Gasteiger partial charge in [-0.15, -0.1) is 0 Å². The zero-order chi connectivity index (χ0) is 26.9. The molecule has 39 heavy (non-hydrogen) atoms. The minimum absolute atomic E-state index is 0.00394. The number of hydrogen-bond donors (Lipinski definition) is 0. The maximum absolute atomic E-state index is 15.3. The number of imidazole rings is 1. The van der Waals surface area contributed by atoms with E-state index in [0.717, 1.165) is 30.1 Å². The van der Waals surface area contributed by atoms with Crippen LogP contribution in [0.4, 0.5) is 13.2 Å². The Balaban J connectivity index is 1.25. The van der Waals surface area contributed by atoms with Gasteiger partial charge in [-0.25, -0.2) is 23.1 Å². The van der Waals surface area contributed by atoms with Crippen LogP contribution in [-0.2, 0) is 24.3 Å². The molecular weight excluding hydrogens is 527 g/mol. The summed E-state index contributed by atoms with van der Waals surface area (Å²) in [6, 6.07) is 19.0. The van der Waals surface area contributed by atoms with Crippen molar-refractivity contribution in [2.75, 3.05) is 6.61 Å². The fraction of sp³-hybridized carbons (Fsp3) is 0.200. The first-order chi connectivity index (χ1) is 18.9. The Morgan fingerprint density at radius 3 is 2.51 bits per heavy atom. The van der Waals surface area contributed by atoms with Crippen LogP contribution in [0.15, 0.2) is 72.8 Å². The Kier molecular flexibility index (Phi) is 6.97. The van der Waals surface area contributed by atoms with Crippen molar-refractivity contribution in [1.82, 2.24) is 14.5 Å². The lowest BCUT2D eigenvalue weighted by Crippen LogP contribution is -2.31. The second kappa shape index (κ2) is 10.7. The molecule has 0 bridgehead atoms. The molecule has 0 N–H and O–H groups in total. The molecule has 2 aromatic heterocycles. The van der Waals surface area contributed by atoms with Crippen molar-refractivity contribution < 1.29 is 22.6 Å². The van der Waals surface area contributed by atoms with Crippen molar-refractivity contribution in [2.45, 2.75) is 32.1 Å². The maximum atomic E-state index is 15.3. The van der Waals surface area contributed by atoms with Gasteiger partial charge in [0.05, 0.1) is 29.4 Å². The lowest BCUT2D eigenvalue weighted by molar-refractivity contribution is -0.0589. The molecule has 6 rings (SSSR count). The van der Waals surface area contributed by atoms with Crippen LogP contribution in [0.3, 0.4) is 0 Å². The summed E-state index contributed by atoms with van der Waals surface area (Å²) in [5, 5.41) is 0.280. The molecule has 1 saturated heterocycles. The number of benzene rings is 3. The van der Waals surface area contributed by atoms with Crippen LogP contribution in [0, 0.1) is 17.5 Å². The van der Waals surface area contributed by atoms with Crippen LogP contribution >= 0.6 is 11.6 Å². The second-order valence-corrected chi connectivity index (χ2v) is 9.83. The number of para-hydroxylation sites is 2. The van der Waals surface area contributed by atoms with Gasteiger partial charge >= 0.3 is 0 Å². The highest BCUT2D eigenvalue weighted by atomic mass is 35.5. The normalized spacial score (nSPS) is 14.9. The number of nitrogens with zero attached hydrogens (tertiary/aromatic N) is 3. The molecule has 3 aromatic carbocycles. The molecule has 0 radical (unpaired) electrons. The van der Waals surface area contributed by atoms with E-state index < -0.39 is 17.5 Å². The number of rotatable bonds is 8. The van der Waals surface area contributed by atoms with Crippen LogP contribution in [-0.4, -0.2) is 27.2 Å². The van der Waals surface area contributed by atoms with Gasteiger partial charge in [-0.1, -0.05) is 35.9 Å². The van der Waals surface area contributed by atoms with Crippen LogP contribution < -0.4 is 4.74 Å². The van der Waals surface area contributed by atoms with Crippen molar-refractivity contribution in [1.29, 1.82) is 0 Å². The minimum Gasteiger partial charge on any atom is -0.473 e. The van der Waals surface area contributed by atoms with Crippen LogP contribution in [0.5, 0.6) is 5.88 Å². The molecule has 5 nitrogen and oxygen atoms in total. The molecule has 0 spiro atoms. The summed E-state index contributed by atoms with van der Waals surface area (Å²) in [7, 11) is 0. The van der Waals surface area contributed by atoms with Gasteiger partial charge in [0.2, 0.25) is 5.88 Å². The highest BCUT2D eigenvalue weighted by Gasteiger charge is 2.23. The van der Waals surface area contributed by atoms with E-state index in [1.165, 1.54) is 18.2 Å². The summed E-state index contributed by atoms with van der Waals surface area (Å²) in [5.41, 5.74) is 2.40. The van der Waals surface area contributed by atoms with E-state index in [1.807, 2.05) is 28.8 Å².